The van der Waals surface area contributed by atoms with Gasteiger partial charge in [0.2, 0.25) is 0 Å². The summed E-state index contributed by atoms with van der Waals surface area (Å²) in [6, 6.07) is 9.14. The number of carbonyl (C=O) groups is 1. The Hall–Kier alpha value is -1.94. The van der Waals surface area contributed by atoms with Crippen LogP contribution in [0.2, 0.25) is 5.02 Å². The minimum Gasteiger partial charge on any atom is -0.345 e. The molecule has 2 rings (SSSR count). The van der Waals surface area contributed by atoms with Gasteiger partial charge in [-0.1, -0.05) is 23.7 Å². The maximum atomic E-state index is 13.6. The third kappa shape index (κ3) is 3.33. The predicted molar refractivity (Wildman–Crippen MR) is 73.7 cm³/mol. The molecular formula is C15H12ClF2NO. The Labute approximate surface area is 120 Å². The SMILES string of the molecule is C[C@H](NC(=O)c1cc(Cl)ccc1F)c1ccc(F)cc1. The van der Waals surface area contributed by atoms with Crippen LogP contribution in [0.15, 0.2) is 42.5 Å². The van der Waals surface area contributed by atoms with Crippen LogP contribution in [0.5, 0.6) is 0 Å². The Kier molecular flexibility index (Phi) is 4.35. The highest BCUT2D eigenvalue weighted by Gasteiger charge is 2.15. The Morgan fingerprint density at radius 2 is 1.80 bits per heavy atom. The predicted octanol–water partition coefficient (Wildman–Crippen LogP) is 4.11. The van der Waals surface area contributed by atoms with E-state index in [4.69, 9.17) is 11.6 Å². The lowest BCUT2D eigenvalue weighted by molar-refractivity contribution is 0.0936. The number of halogens is 3. The molecule has 2 aromatic carbocycles. The van der Waals surface area contributed by atoms with Crippen LogP contribution < -0.4 is 5.32 Å². The van der Waals surface area contributed by atoms with E-state index in [0.717, 1.165) is 11.6 Å². The van der Waals surface area contributed by atoms with Crippen molar-refractivity contribution in [3.63, 3.8) is 0 Å². The van der Waals surface area contributed by atoms with E-state index in [2.05, 4.69) is 5.32 Å². The summed E-state index contributed by atoms with van der Waals surface area (Å²) in [6.45, 7) is 1.73. The first-order valence-corrected chi connectivity index (χ1v) is 6.36. The summed E-state index contributed by atoms with van der Waals surface area (Å²) >= 11 is 5.74. The largest absolute Gasteiger partial charge is 0.345 e. The van der Waals surface area contributed by atoms with Crippen LogP contribution in [0.3, 0.4) is 0 Å². The van der Waals surface area contributed by atoms with Gasteiger partial charge in [-0.3, -0.25) is 4.79 Å². The first-order chi connectivity index (χ1) is 9.47. The summed E-state index contributed by atoms with van der Waals surface area (Å²) in [5.41, 5.74) is 0.605. The van der Waals surface area contributed by atoms with Crippen molar-refractivity contribution in [1.82, 2.24) is 5.32 Å². The van der Waals surface area contributed by atoms with Gasteiger partial charge in [-0.2, -0.15) is 0 Å². The molecule has 104 valence electrons. The summed E-state index contributed by atoms with van der Waals surface area (Å²) in [4.78, 5) is 12.0. The van der Waals surface area contributed by atoms with Gasteiger partial charge < -0.3 is 5.32 Å². The van der Waals surface area contributed by atoms with E-state index in [9.17, 15) is 13.6 Å². The maximum Gasteiger partial charge on any atom is 0.254 e. The molecule has 2 aromatic rings. The van der Waals surface area contributed by atoms with Crippen molar-refractivity contribution in [1.29, 1.82) is 0 Å². The zero-order valence-electron chi connectivity index (χ0n) is 10.7. The molecule has 20 heavy (non-hydrogen) atoms. The fraction of sp³-hybridized carbons (Fsp3) is 0.133. The van der Waals surface area contributed by atoms with E-state index in [1.54, 1.807) is 19.1 Å². The van der Waals surface area contributed by atoms with Gasteiger partial charge in [0, 0.05) is 5.02 Å². The molecule has 0 aromatic heterocycles. The molecule has 0 bridgehead atoms. The number of amides is 1. The number of carbonyl (C=O) groups excluding carboxylic acids is 1. The van der Waals surface area contributed by atoms with Crippen molar-refractivity contribution < 1.29 is 13.6 Å². The monoisotopic (exact) mass is 295 g/mol. The second-order valence-corrected chi connectivity index (χ2v) is 4.81. The van der Waals surface area contributed by atoms with Crippen molar-refractivity contribution >= 4 is 17.5 Å². The van der Waals surface area contributed by atoms with E-state index in [0.29, 0.717) is 0 Å². The lowest BCUT2D eigenvalue weighted by atomic mass is 10.1. The van der Waals surface area contributed by atoms with Crippen LogP contribution in [-0.2, 0) is 0 Å². The molecule has 0 aliphatic rings. The zero-order valence-corrected chi connectivity index (χ0v) is 11.4. The molecule has 0 radical (unpaired) electrons. The van der Waals surface area contributed by atoms with Gasteiger partial charge in [-0.25, -0.2) is 8.78 Å². The average molecular weight is 296 g/mol. The zero-order chi connectivity index (χ0) is 14.7. The van der Waals surface area contributed by atoms with Crippen LogP contribution in [0.25, 0.3) is 0 Å². The van der Waals surface area contributed by atoms with Crippen molar-refractivity contribution in [2.24, 2.45) is 0 Å². The second kappa shape index (κ2) is 6.01. The standard InChI is InChI=1S/C15H12ClF2NO/c1-9(10-2-5-12(17)6-3-10)19-15(20)13-8-11(16)4-7-14(13)18/h2-9H,1H3,(H,19,20)/t9-/m0/s1. The van der Waals surface area contributed by atoms with E-state index in [1.165, 1.54) is 24.3 Å². The molecule has 0 aliphatic carbocycles. The molecule has 2 nitrogen and oxygen atoms in total. The first-order valence-electron chi connectivity index (χ1n) is 5.99. The number of benzene rings is 2. The van der Waals surface area contributed by atoms with Crippen LogP contribution in [0.1, 0.15) is 28.9 Å². The molecule has 1 amide bonds. The molecule has 0 saturated carbocycles. The van der Waals surface area contributed by atoms with E-state index in [-0.39, 0.29) is 22.4 Å². The van der Waals surface area contributed by atoms with Gasteiger partial charge in [0.25, 0.3) is 5.91 Å². The van der Waals surface area contributed by atoms with Crippen molar-refractivity contribution in [2.75, 3.05) is 0 Å². The fourth-order valence-electron chi connectivity index (χ4n) is 1.78. The van der Waals surface area contributed by atoms with E-state index in [1.807, 2.05) is 0 Å². The quantitative estimate of drug-likeness (QED) is 0.907. The normalized spacial score (nSPS) is 12.0. The summed E-state index contributed by atoms with van der Waals surface area (Å²) < 4.78 is 26.4. The molecule has 0 aliphatic heterocycles. The molecule has 0 unspecified atom stereocenters. The molecule has 0 heterocycles. The third-order valence-electron chi connectivity index (χ3n) is 2.89. The van der Waals surface area contributed by atoms with Gasteiger partial charge in [0.1, 0.15) is 11.6 Å². The maximum absolute atomic E-state index is 13.6. The van der Waals surface area contributed by atoms with Crippen LogP contribution >= 0.6 is 11.6 Å². The molecular weight excluding hydrogens is 284 g/mol. The fourth-order valence-corrected chi connectivity index (χ4v) is 1.95. The summed E-state index contributed by atoms with van der Waals surface area (Å²) in [5, 5.41) is 2.92. The Morgan fingerprint density at radius 3 is 2.45 bits per heavy atom. The molecule has 1 atom stereocenters. The van der Waals surface area contributed by atoms with Gasteiger partial charge >= 0.3 is 0 Å². The molecule has 0 fully saturated rings. The first kappa shape index (κ1) is 14.5. The van der Waals surface area contributed by atoms with Gasteiger partial charge in [0.15, 0.2) is 0 Å². The second-order valence-electron chi connectivity index (χ2n) is 4.37. The van der Waals surface area contributed by atoms with Gasteiger partial charge in [-0.05, 0) is 42.8 Å². The highest BCUT2D eigenvalue weighted by molar-refractivity contribution is 6.31. The summed E-state index contributed by atoms with van der Waals surface area (Å²) in [5.74, 6) is -1.56. The number of nitrogens with one attached hydrogen (secondary N) is 1. The van der Waals surface area contributed by atoms with Crippen LogP contribution in [-0.4, -0.2) is 5.91 Å². The Balaban J connectivity index is 2.15. The topological polar surface area (TPSA) is 29.1 Å². The highest BCUT2D eigenvalue weighted by atomic mass is 35.5. The molecule has 1 N–H and O–H groups in total. The van der Waals surface area contributed by atoms with Crippen LogP contribution in [0, 0.1) is 11.6 Å². The van der Waals surface area contributed by atoms with Crippen molar-refractivity contribution in [2.45, 2.75) is 13.0 Å². The van der Waals surface area contributed by atoms with Crippen molar-refractivity contribution in [3.8, 4) is 0 Å². The average Bonchev–Trinajstić information content (AvgIpc) is 2.42. The number of hydrogen-bond acceptors (Lipinski definition) is 1. The van der Waals surface area contributed by atoms with Crippen LogP contribution in [0.4, 0.5) is 8.78 Å². The number of hydrogen-bond donors (Lipinski definition) is 1. The summed E-state index contributed by atoms with van der Waals surface area (Å²) in [6.07, 6.45) is 0. The van der Waals surface area contributed by atoms with Gasteiger partial charge in [-0.15, -0.1) is 0 Å². The third-order valence-corrected chi connectivity index (χ3v) is 3.13. The lowest BCUT2D eigenvalue weighted by Crippen LogP contribution is -2.27. The summed E-state index contributed by atoms with van der Waals surface area (Å²) in [7, 11) is 0. The lowest BCUT2D eigenvalue weighted by Gasteiger charge is -2.14. The van der Waals surface area contributed by atoms with E-state index < -0.39 is 11.7 Å². The van der Waals surface area contributed by atoms with Gasteiger partial charge in [0.05, 0.1) is 11.6 Å². The Morgan fingerprint density at radius 1 is 1.15 bits per heavy atom. The molecule has 0 saturated heterocycles. The highest BCUT2D eigenvalue weighted by Crippen LogP contribution is 2.17. The number of rotatable bonds is 3. The van der Waals surface area contributed by atoms with E-state index >= 15 is 0 Å². The minimum atomic E-state index is -0.641. The molecule has 0 spiro atoms. The smallest absolute Gasteiger partial charge is 0.254 e. The molecule has 5 heteroatoms. The Bertz CT molecular complexity index is 628. The van der Waals surface area contributed by atoms with Crippen molar-refractivity contribution in [3.05, 3.63) is 70.2 Å². The minimum absolute atomic E-state index is 0.119.